The summed E-state index contributed by atoms with van der Waals surface area (Å²) in [5.74, 6) is -11.9. The van der Waals surface area contributed by atoms with Gasteiger partial charge in [0, 0.05) is 53.5 Å². The monoisotopic (exact) mass is 842 g/mol. The number of carbonyl (C=O) groups excluding carboxylic acids is 7. The van der Waals surface area contributed by atoms with Crippen molar-refractivity contribution in [1.29, 1.82) is 0 Å². The average molecular weight is 843 g/mol. The summed E-state index contributed by atoms with van der Waals surface area (Å²) >= 11 is 0. The van der Waals surface area contributed by atoms with Gasteiger partial charge in [-0.15, -0.1) is 0 Å². The first-order chi connectivity index (χ1) is 29.0. The number of nitrogens with one attached hydrogen (secondary N) is 5. The molecule has 5 atom stereocenters. The largest absolute Gasteiger partial charge is 0.481 e. The maximum Gasteiger partial charge on any atom is 0.325 e. The van der Waals surface area contributed by atoms with E-state index in [9.17, 15) is 53.1 Å². The zero-order chi connectivity index (χ0) is 44.4. The van der Waals surface area contributed by atoms with Crippen molar-refractivity contribution in [2.45, 2.75) is 76.0 Å². The van der Waals surface area contributed by atoms with Crippen LogP contribution in [0.3, 0.4) is 0 Å². The maximum absolute atomic E-state index is 13.9. The summed E-state index contributed by atoms with van der Waals surface area (Å²) in [6.07, 6.45) is 0.514. The Morgan fingerprint density at radius 2 is 1.36 bits per heavy atom. The molecule has 8 N–H and O–H groups in total. The molecule has 3 aromatic rings. The van der Waals surface area contributed by atoms with Crippen LogP contribution in [0.4, 0.5) is 5.69 Å². The lowest BCUT2D eigenvalue weighted by Crippen LogP contribution is -2.55. The third-order valence-electron chi connectivity index (χ3n) is 10.4. The van der Waals surface area contributed by atoms with E-state index < -0.39 is 121 Å². The molecule has 0 spiro atoms. The molecule has 2 aliphatic rings. The molecule has 2 unspecified atom stereocenters. The summed E-state index contributed by atoms with van der Waals surface area (Å²) in [7, 11) is 0. The van der Waals surface area contributed by atoms with Gasteiger partial charge in [0.05, 0.1) is 18.9 Å². The third-order valence-corrected chi connectivity index (χ3v) is 10.4. The number of anilines is 1. The van der Waals surface area contributed by atoms with Crippen LogP contribution in [-0.4, -0.2) is 112 Å². The van der Waals surface area contributed by atoms with Crippen molar-refractivity contribution in [3.63, 3.8) is 0 Å². The van der Waals surface area contributed by atoms with E-state index in [0.717, 1.165) is 50.3 Å². The number of piperidine rings is 1. The smallest absolute Gasteiger partial charge is 0.325 e. The number of ketones is 2. The number of carbonyl (C=O) groups is 10. The van der Waals surface area contributed by atoms with E-state index in [0.29, 0.717) is 16.5 Å². The zero-order valence-corrected chi connectivity index (χ0v) is 33.1. The molecular weight excluding hydrogens is 796 g/mol. The second-order valence-corrected chi connectivity index (χ2v) is 14.8. The second-order valence-electron chi connectivity index (χ2n) is 14.8. The molecule has 0 radical (unpaired) electrons. The van der Waals surface area contributed by atoms with Gasteiger partial charge >= 0.3 is 17.9 Å². The van der Waals surface area contributed by atoms with E-state index in [2.05, 4.69) is 31.5 Å². The van der Waals surface area contributed by atoms with Crippen molar-refractivity contribution in [3.05, 3.63) is 77.4 Å². The van der Waals surface area contributed by atoms with Gasteiger partial charge in [-0.2, -0.15) is 0 Å². The van der Waals surface area contributed by atoms with Crippen LogP contribution in [0.1, 0.15) is 84.2 Å². The van der Waals surface area contributed by atoms with E-state index in [1.54, 1.807) is 36.4 Å². The summed E-state index contributed by atoms with van der Waals surface area (Å²) in [5, 5.41) is 40.3. The SMILES string of the molecule is C[C@H](NC(=O)[C@H](CCC(=O)O)NC(=O)CNC(=O)[C@H](CC(=O)O)NC(=O)C(NC(=O)CC1C(=O)c2cccc3c(N4CCCCC4)ccc(c23)C1=O)c1ccccc1)C(=O)O. The molecule has 0 aromatic heterocycles. The van der Waals surface area contributed by atoms with Gasteiger partial charge in [0.2, 0.25) is 29.5 Å². The molecule has 322 valence electrons. The number of aliphatic carboxylic acids is 3. The molecule has 3 aromatic carbocycles. The van der Waals surface area contributed by atoms with Gasteiger partial charge in [-0.1, -0.05) is 48.5 Å². The predicted molar refractivity (Wildman–Crippen MR) is 215 cm³/mol. The fourth-order valence-electron chi connectivity index (χ4n) is 7.33. The van der Waals surface area contributed by atoms with Crippen LogP contribution in [0, 0.1) is 5.92 Å². The Morgan fingerprint density at radius 1 is 0.689 bits per heavy atom. The summed E-state index contributed by atoms with van der Waals surface area (Å²) < 4.78 is 0. The Hall–Kier alpha value is -7.18. The van der Waals surface area contributed by atoms with Crippen LogP contribution >= 0.6 is 0 Å². The maximum atomic E-state index is 13.9. The minimum atomic E-state index is -1.82. The van der Waals surface area contributed by atoms with E-state index >= 15 is 0 Å². The highest BCUT2D eigenvalue weighted by Gasteiger charge is 2.39. The number of rotatable bonds is 19. The second kappa shape index (κ2) is 20.2. The van der Waals surface area contributed by atoms with Crippen LogP contribution < -0.4 is 31.5 Å². The van der Waals surface area contributed by atoms with Gasteiger partial charge in [-0.25, -0.2) is 0 Å². The van der Waals surface area contributed by atoms with Crippen LogP contribution in [-0.2, 0) is 38.4 Å². The molecule has 19 heteroatoms. The van der Waals surface area contributed by atoms with Crippen molar-refractivity contribution in [1.82, 2.24) is 26.6 Å². The van der Waals surface area contributed by atoms with E-state index in [-0.39, 0.29) is 5.56 Å². The Balaban J connectivity index is 1.28. The van der Waals surface area contributed by atoms with Gasteiger partial charge in [-0.05, 0) is 50.3 Å². The number of amides is 5. The molecule has 19 nitrogen and oxygen atoms in total. The Kier molecular flexibility index (Phi) is 14.9. The number of carboxylic acid groups (broad SMARTS) is 3. The zero-order valence-electron chi connectivity index (χ0n) is 33.1. The highest BCUT2D eigenvalue weighted by Crippen LogP contribution is 2.39. The molecule has 1 heterocycles. The molecule has 5 rings (SSSR count). The first kappa shape index (κ1) is 44.9. The number of Topliss-reactive ketones (excluding diaryl/α,β-unsaturated/α-hetero) is 2. The number of hydrogen-bond acceptors (Lipinski definition) is 11. The van der Waals surface area contributed by atoms with Gasteiger partial charge in [-0.3, -0.25) is 47.9 Å². The van der Waals surface area contributed by atoms with Gasteiger partial charge < -0.3 is 46.8 Å². The van der Waals surface area contributed by atoms with Crippen molar-refractivity contribution in [2.75, 3.05) is 24.5 Å². The number of benzene rings is 3. The number of hydrogen-bond donors (Lipinski definition) is 8. The van der Waals surface area contributed by atoms with Crippen LogP contribution in [0.2, 0.25) is 0 Å². The number of carboxylic acids is 3. The van der Waals surface area contributed by atoms with Crippen molar-refractivity contribution < 1.29 is 63.3 Å². The molecular formula is C42H46N6O13. The quantitative estimate of drug-likeness (QED) is 0.0785. The van der Waals surface area contributed by atoms with Crippen LogP contribution in [0.5, 0.6) is 0 Å². The first-order valence-electron chi connectivity index (χ1n) is 19.6. The average Bonchev–Trinajstić information content (AvgIpc) is 3.23. The third kappa shape index (κ3) is 11.3. The minimum Gasteiger partial charge on any atom is -0.481 e. The molecule has 5 amide bonds. The molecule has 0 saturated carbocycles. The van der Waals surface area contributed by atoms with E-state index in [1.165, 1.54) is 12.1 Å². The Labute approximate surface area is 348 Å². The number of nitrogens with zero attached hydrogens (tertiary/aromatic N) is 1. The van der Waals surface area contributed by atoms with E-state index in [1.807, 2.05) is 12.1 Å². The highest BCUT2D eigenvalue weighted by atomic mass is 16.4. The van der Waals surface area contributed by atoms with Gasteiger partial charge in [0.25, 0.3) is 0 Å². The molecule has 61 heavy (non-hydrogen) atoms. The molecule has 1 fully saturated rings. The fourth-order valence-corrected chi connectivity index (χ4v) is 7.33. The minimum absolute atomic E-state index is 0.201. The van der Waals surface area contributed by atoms with Crippen molar-refractivity contribution in [3.8, 4) is 0 Å². The van der Waals surface area contributed by atoms with E-state index in [4.69, 9.17) is 10.2 Å². The normalized spacial score (nSPS) is 16.6. The first-order valence-corrected chi connectivity index (χ1v) is 19.6. The summed E-state index contributed by atoms with van der Waals surface area (Å²) in [4.78, 5) is 130. The lowest BCUT2D eigenvalue weighted by molar-refractivity contribution is -0.142. The predicted octanol–water partition coefficient (Wildman–Crippen LogP) is 1.09. The summed E-state index contributed by atoms with van der Waals surface area (Å²) in [5.41, 5.74) is 1.71. The lowest BCUT2D eigenvalue weighted by Gasteiger charge is -2.31. The molecule has 1 saturated heterocycles. The van der Waals surface area contributed by atoms with Crippen LogP contribution in [0.15, 0.2) is 60.7 Å². The van der Waals surface area contributed by atoms with Gasteiger partial charge in [0.1, 0.15) is 24.2 Å². The summed E-state index contributed by atoms with van der Waals surface area (Å²) in [6.45, 7) is 1.95. The van der Waals surface area contributed by atoms with Crippen molar-refractivity contribution in [2.24, 2.45) is 5.92 Å². The fraction of sp³-hybridized carbons (Fsp3) is 0.381. The lowest BCUT2D eigenvalue weighted by atomic mass is 9.78. The molecule has 1 aliphatic heterocycles. The van der Waals surface area contributed by atoms with Crippen LogP contribution in [0.25, 0.3) is 10.8 Å². The topological polar surface area (TPSA) is 295 Å². The van der Waals surface area contributed by atoms with Gasteiger partial charge in [0.15, 0.2) is 11.6 Å². The summed E-state index contributed by atoms with van der Waals surface area (Å²) in [6, 6.07) is 10.1. The highest BCUT2D eigenvalue weighted by molar-refractivity contribution is 6.31. The Morgan fingerprint density at radius 3 is 2.00 bits per heavy atom. The molecule has 0 bridgehead atoms. The Bertz CT molecular complexity index is 2220. The molecule has 1 aliphatic carbocycles. The van der Waals surface area contributed by atoms with Crippen molar-refractivity contribution >= 4 is 75.5 Å². The standard InChI is InChI=1S/C42H46N6O13/c1-22(42(60)61)44-40(58)28(14-16-33(51)52)45-32(50)21-43-39(57)29(20-34(53)54)46-41(59)36(23-9-4-2-5-10-23)47-31(49)19-27-37(55)25-12-8-11-24-30(48-17-6-3-7-18-48)15-13-26(35(24)25)38(27)56/h2,4-5,8-13,15,22,27-29,36H,3,6-7,14,16-21H2,1H3,(H,43,57)(H,44,58)(H,45,50)(H,46,59)(H,47,49)(H,51,52)(H,53,54)(H,60,61)/t22-,27?,28-,29-,36?/m0/s1.